The summed E-state index contributed by atoms with van der Waals surface area (Å²) in [5.74, 6) is 1.43. The first kappa shape index (κ1) is 29.8. The van der Waals surface area contributed by atoms with Crippen LogP contribution in [0.5, 0.6) is 5.75 Å². The molecule has 0 fully saturated rings. The van der Waals surface area contributed by atoms with Crippen LogP contribution in [-0.4, -0.2) is 22.7 Å². The van der Waals surface area contributed by atoms with Crippen molar-refractivity contribution in [1.29, 1.82) is 0 Å². The number of halogens is 1. The second kappa shape index (κ2) is 17.7. The molecule has 2 aromatic carbocycles. The molecule has 1 aromatic heterocycles. The standard InChI is InChI=1S/C34H47FN2O/c1-3-5-7-9-10-12-14-16-32(35)27-38-33-23-21-29(22-24-33)31-25-36-34(37-26-31)30-19-17-28(18-20-30)15-13-11-8-6-4-2/h17-26,32H,3-16,27H2,1-2H3. The summed E-state index contributed by atoms with van der Waals surface area (Å²) in [5.41, 5.74) is 4.38. The molecule has 0 aliphatic heterocycles. The number of aryl methyl sites for hydroxylation is 1. The summed E-state index contributed by atoms with van der Waals surface area (Å²) in [6, 6.07) is 16.4. The van der Waals surface area contributed by atoms with Crippen molar-refractivity contribution in [3.05, 3.63) is 66.5 Å². The molecule has 1 heterocycles. The Bertz CT molecular complexity index is 1000. The van der Waals surface area contributed by atoms with Crippen LogP contribution in [0.25, 0.3) is 22.5 Å². The summed E-state index contributed by atoms with van der Waals surface area (Å²) in [4.78, 5) is 9.19. The zero-order chi connectivity index (χ0) is 26.8. The summed E-state index contributed by atoms with van der Waals surface area (Å²) < 4.78 is 19.9. The fourth-order valence-electron chi connectivity index (χ4n) is 4.72. The van der Waals surface area contributed by atoms with Gasteiger partial charge in [-0.25, -0.2) is 14.4 Å². The lowest BCUT2D eigenvalue weighted by Crippen LogP contribution is -2.12. The van der Waals surface area contributed by atoms with Crippen molar-refractivity contribution in [2.45, 2.75) is 110 Å². The molecule has 1 unspecified atom stereocenters. The zero-order valence-corrected chi connectivity index (χ0v) is 23.6. The maximum Gasteiger partial charge on any atom is 0.159 e. The van der Waals surface area contributed by atoms with Gasteiger partial charge in [0.1, 0.15) is 18.5 Å². The van der Waals surface area contributed by atoms with E-state index >= 15 is 0 Å². The van der Waals surface area contributed by atoms with Crippen molar-refractivity contribution in [3.8, 4) is 28.3 Å². The molecule has 4 heteroatoms. The van der Waals surface area contributed by atoms with Gasteiger partial charge in [-0.2, -0.15) is 0 Å². The van der Waals surface area contributed by atoms with Gasteiger partial charge in [-0.05, 0) is 42.5 Å². The van der Waals surface area contributed by atoms with Crippen molar-refractivity contribution in [2.24, 2.45) is 0 Å². The number of hydrogen-bond donors (Lipinski definition) is 0. The highest BCUT2D eigenvalue weighted by molar-refractivity contribution is 5.64. The number of ether oxygens (including phenoxy) is 1. The van der Waals surface area contributed by atoms with Gasteiger partial charge in [-0.15, -0.1) is 0 Å². The maximum atomic E-state index is 14.2. The fraction of sp³-hybridized carbons (Fsp3) is 0.529. The molecule has 0 bridgehead atoms. The highest BCUT2D eigenvalue weighted by Gasteiger charge is 2.08. The van der Waals surface area contributed by atoms with Gasteiger partial charge >= 0.3 is 0 Å². The average Bonchev–Trinajstić information content (AvgIpc) is 2.96. The molecule has 38 heavy (non-hydrogen) atoms. The molecule has 3 aromatic rings. The second-order valence-electron chi connectivity index (χ2n) is 10.5. The van der Waals surface area contributed by atoms with E-state index < -0.39 is 6.17 Å². The van der Waals surface area contributed by atoms with E-state index in [0.717, 1.165) is 41.8 Å². The molecule has 0 amide bonds. The van der Waals surface area contributed by atoms with Crippen molar-refractivity contribution in [2.75, 3.05) is 6.61 Å². The summed E-state index contributed by atoms with van der Waals surface area (Å²) in [7, 11) is 0. The molecule has 0 aliphatic carbocycles. The van der Waals surface area contributed by atoms with Crippen LogP contribution in [0, 0.1) is 0 Å². The SMILES string of the molecule is CCCCCCCCCC(F)COc1ccc(-c2cnc(-c3ccc(CCCCCCC)cc3)nc2)cc1. The topological polar surface area (TPSA) is 35.0 Å². The van der Waals surface area contributed by atoms with Gasteiger partial charge in [0.25, 0.3) is 0 Å². The van der Waals surface area contributed by atoms with Crippen LogP contribution >= 0.6 is 0 Å². The highest BCUT2D eigenvalue weighted by Crippen LogP contribution is 2.24. The van der Waals surface area contributed by atoms with Gasteiger partial charge in [0.2, 0.25) is 0 Å². The van der Waals surface area contributed by atoms with E-state index in [4.69, 9.17) is 4.74 Å². The van der Waals surface area contributed by atoms with Crippen molar-refractivity contribution in [3.63, 3.8) is 0 Å². The molecule has 0 aliphatic rings. The minimum absolute atomic E-state index is 0.116. The number of unbranched alkanes of at least 4 members (excludes halogenated alkanes) is 10. The predicted octanol–water partition coefficient (Wildman–Crippen LogP) is 10.2. The monoisotopic (exact) mass is 518 g/mol. The minimum atomic E-state index is -0.911. The lowest BCUT2D eigenvalue weighted by Gasteiger charge is -2.11. The van der Waals surface area contributed by atoms with Gasteiger partial charge < -0.3 is 4.74 Å². The Morgan fingerprint density at radius 3 is 1.82 bits per heavy atom. The fourth-order valence-corrected chi connectivity index (χ4v) is 4.72. The predicted molar refractivity (Wildman–Crippen MR) is 158 cm³/mol. The number of hydrogen-bond acceptors (Lipinski definition) is 3. The highest BCUT2D eigenvalue weighted by atomic mass is 19.1. The second-order valence-corrected chi connectivity index (χ2v) is 10.5. The Morgan fingerprint density at radius 1 is 0.632 bits per heavy atom. The smallest absolute Gasteiger partial charge is 0.159 e. The van der Waals surface area contributed by atoms with Crippen LogP contribution in [0.4, 0.5) is 4.39 Å². The summed E-state index contributed by atoms with van der Waals surface area (Å²) in [6.45, 7) is 4.59. The molecular formula is C34H47FN2O. The molecule has 0 N–H and O–H groups in total. The third-order valence-corrected chi connectivity index (χ3v) is 7.17. The zero-order valence-electron chi connectivity index (χ0n) is 23.6. The molecular weight excluding hydrogens is 471 g/mol. The Kier molecular flexibility index (Phi) is 13.9. The normalized spacial score (nSPS) is 12.0. The van der Waals surface area contributed by atoms with E-state index in [2.05, 4.69) is 48.1 Å². The van der Waals surface area contributed by atoms with Crippen LogP contribution in [0.2, 0.25) is 0 Å². The van der Waals surface area contributed by atoms with Crippen LogP contribution < -0.4 is 4.74 Å². The number of aromatic nitrogens is 2. The van der Waals surface area contributed by atoms with E-state index in [1.807, 2.05) is 36.7 Å². The van der Waals surface area contributed by atoms with E-state index in [1.54, 1.807) is 0 Å². The Hall–Kier alpha value is -2.75. The van der Waals surface area contributed by atoms with Crippen LogP contribution in [0.15, 0.2) is 60.9 Å². The van der Waals surface area contributed by atoms with Gasteiger partial charge in [0.05, 0.1) is 0 Å². The Labute approximate surface area is 230 Å². The number of nitrogens with zero attached hydrogens (tertiary/aromatic N) is 2. The van der Waals surface area contributed by atoms with Crippen LogP contribution in [0.1, 0.15) is 103 Å². The lowest BCUT2D eigenvalue weighted by atomic mass is 10.0. The molecule has 0 saturated heterocycles. The van der Waals surface area contributed by atoms with Crippen LogP contribution in [-0.2, 0) is 6.42 Å². The van der Waals surface area contributed by atoms with E-state index in [-0.39, 0.29) is 6.61 Å². The number of alkyl halides is 1. The largest absolute Gasteiger partial charge is 0.491 e. The molecule has 0 spiro atoms. The number of rotatable bonds is 19. The number of benzene rings is 2. The molecule has 3 nitrogen and oxygen atoms in total. The summed E-state index contributed by atoms with van der Waals surface area (Å²) in [6.07, 6.45) is 19.5. The van der Waals surface area contributed by atoms with Crippen LogP contribution in [0.3, 0.4) is 0 Å². The van der Waals surface area contributed by atoms with Crippen molar-refractivity contribution in [1.82, 2.24) is 9.97 Å². The Balaban J connectivity index is 1.40. The molecule has 3 rings (SSSR count). The van der Waals surface area contributed by atoms with Gasteiger partial charge in [0.15, 0.2) is 5.82 Å². The van der Waals surface area contributed by atoms with E-state index in [9.17, 15) is 4.39 Å². The maximum absolute atomic E-state index is 14.2. The van der Waals surface area contributed by atoms with Crippen molar-refractivity contribution >= 4 is 0 Å². The van der Waals surface area contributed by atoms with E-state index in [0.29, 0.717) is 12.2 Å². The minimum Gasteiger partial charge on any atom is -0.491 e. The summed E-state index contributed by atoms with van der Waals surface area (Å²) >= 11 is 0. The van der Waals surface area contributed by atoms with Gasteiger partial charge in [-0.3, -0.25) is 0 Å². The average molecular weight is 519 g/mol. The molecule has 0 saturated carbocycles. The third kappa shape index (κ3) is 10.9. The Morgan fingerprint density at radius 2 is 1.18 bits per heavy atom. The van der Waals surface area contributed by atoms with Gasteiger partial charge in [-0.1, -0.05) is 121 Å². The first-order chi connectivity index (χ1) is 18.7. The molecule has 0 radical (unpaired) electrons. The third-order valence-electron chi connectivity index (χ3n) is 7.17. The van der Waals surface area contributed by atoms with E-state index in [1.165, 1.54) is 69.8 Å². The van der Waals surface area contributed by atoms with Gasteiger partial charge in [0, 0.05) is 23.5 Å². The molecule has 1 atom stereocenters. The quantitative estimate of drug-likeness (QED) is 0.148. The van der Waals surface area contributed by atoms with Crippen molar-refractivity contribution < 1.29 is 9.13 Å². The molecule has 206 valence electrons. The summed E-state index contributed by atoms with van der Waals surface area (Å²) in [5, 5.41) is 0. The first-order valence-electron chi connectivity index (χ1n) is 15.0. The first-order valence-corrected chi connectivity index (χ1v) is 15.0. The lowest BCUT2D eigenvalue weighted by molar-refractivity contribution is 0.184.